The maximum absolute atomic E-state index is 12.4. The molecule has 128 valence electrons. The number of nitrogens with zero attached hydrogens (tertiary/aromatic N) is 1. The second kappa shape index (κ2) is 8.06. The van der Waals surface area contributed by atoms with Crippen LogP contribution in [0.25, 0.3) is 0 Å². The van der Waals surface area contributed by atoms with Crippen molar-refractivity contribution >= 4 is 17.5 Å². The fourth-order valence-corrected chi connectivity index (χ4v) is 2.68. The Hall–Kier alpha value is -2.20. The summed E-state index contributed by atoms with van der Waals surface area (Å²) in [7, 11) is 3.33. The van der Waals surface area contributed by atoms with E-state index in [4.69, 9.17) is 21.1 Å². The van der Waals surface area contributed by atoms with Gasteiger partial charge in [0.2, 0.25) is 0 Å². The van der Waals surface area contributed by atoms with Crippen molar-refractivity contribution in [2.75, 3.05) is 20.8 Å². The highest BCUT2D eigenvalue weighted by Crippen LogP contribution is 2.24. The van der Waals surface area contributed by atoms with Gasteiger partial charge in [0.1, 0.15) is 11.5 Å². The van der Waals surface area contributed by atoms with E-state index in [-0.39, 0.29) is 12.5 Å². The maximum atomic E-state index is 12.4. The van der Waals surface area contributed by atoms with Crippen LogP contribution in [0.3, 0.4) is 0 Å². The standard InChI is InChI=1S/C19H22ClNO3/c1-13-6-5-7-14(2)19(13)24-12-18(22)21(3)11-15-10-16(20)8-9-17(15)23-4/h5-10H,11-12H2,1-4H3. The molecule has 0 heterocycles. The molecular weight excluding hydrogens is 326 g/mol. The zero-order valence-electron chi connectivity index (χ0n) is 14.4. The lowest BCUT2D eigenvalue weighted by atomic mass is 10.1. The topological polar surface area (TPSA) is 38.8 Å². The van der Waals surface area contributed by atoms with Crippen LogP contribution in [0.1, 0.15) is 16.7 Å². The van der Waals surface area contributed by atoms with Crippen LogP contribution in [0, 0.1) is 13.8 Å². The quantitative estimate of drug-likeness (QED) is 0.792. The Kier molecular flexibility index (Phi) is 6.10. The molecule has 0 saturated heterocycles. The molecule has 0 bridgehead atoms. The average Bonchev–Trinajstić information content (AvgIpc) is 2.54. The number of aryl methyl sites for hydroxylation is 2. The normalized spacial score (nSPS) is 10.4. The third-order valence-electron chi connectivity index (χ3n) is 3.82. The zero-order valence-corrected chi connectivity index (χ0v) is 15.2. The first-order valence-electron chi connectivity index (χ1n) is 7.67. The molecule has 0 spiro atoms. The Labute approximate surface area is 147 Å². The lowest BCUT2D eigenvalue weighted by Crippen LogP contribution is -2.31. The molecule has 0 N–H and O–H groups in total. The van der Waals surface area contributed by atoms with Crippen LogP contribution < -0.4 is 9.47 Å². The molecule has 0 aliphatic heterocycles. The van der Waals surface area contributed by atoms with Gasteiger partial charge in [0.05, 0.1) is 7.11 Å². The van der Waals surface area contributed by atoms with Gasteiger partial charge < -0.3 is 14.4 Å². The summed E-state index contributed by atoms with van der Waals surface area (Å²) in [5, 5.41) is 0.610. The lowest BCUT2D eigenvalue weighted by molar-refractivity contribution is -0.132. The molecule has 5 heteroatoms. The van der Waals surface area contributed by atoms with Crippen molar-refractivity contribution in [2.24, 2.45) is 0 Å². The Balaban J connectivity index is 2.01. The third kappa shape index (κ3) is 4.42. The predicted molar refractivity (Wildman–Crippen MR) is 95.9 cm³/mol. The molecule has 0 aromatic heterocycles. The number of ether oxygens (including phenoxy) is 2. The average molecular weight is 348 g/mol. The van der Waals surface area contributed by atoms with Crippen molar-refractivity contribution in [3.8, 4) is 11.5 Å². The highest BCUT2D eigenvalue weighted by Gasteiger charge is 2.14. The molecule has 0 radical (unpaired) electrons. The molecule has 24 heavy (non-hydrogen) atoms. The highest BCUT2D eigenvalue weighted by atomic mass is 35.5. The summed E-state index contributed by atoms with van der Waals surface area (Å²) in [5.74, 6) is 1.36. The van der Waals surface area contributed by atoms with Crippen LogP contribution in [-0.2, 0) is 11.3 Å². The largest absolute Gasteiger partial charge is 0.496 e. The number of carbonyl (C=O) groups is 1. The van der Waals surface area contributed by atoms with E-state index in [2.05, 4.69) is 0 Å². The number of rotatable bonds is 6. The Morgan fingerprint density at radius 2 is 1.83 bits per heavy atom. The number of hydrogen-bond donors (Lipinski definition) is 0. The summed E-state index contributed by atoms with van der Waals surface area (Å²) in [6, 6.07) is 11.3. The second-order valence-corrected chi connectivity index (χ2v) is 6.15. The number of amides is 1. The summed E-state index contributed by atoms with van der Waals surface area (Å²) >= 11 is 6.03. The minimum Gasteiger partial charge on any atom is -0.496 e. The lowest BCUT2D eigenvalue weighted by Gasteiger charge is -2.20. The van der Waals surface area contributed by atoms with Crippen LogP contribution in [0.5, 0.6) is 11.5 Å². The van der Waals surface area contributed by atoms with E-state index in [1.807, 2.05) is 32.0 Å². The van der Waals surface area contributed by atoms with Gasteiger partial charge >= 0.3 is 0 Å². The SMILES string of the molecule is COc1ccc(Cl)cc1CN(C)C(=O)COc1c(C)cccc1C. The van der Waals surface area contributed by atoms with E-state index in [0.29, 0.717) is 17.3 Å². The molecule has 0 fully saturated rings. The number of hydrogen-bond acceptors (Lipinski definition) is 3. The van der Waals surface area contributed by atoms with Gasteiger partial charge in [-0.1, -0.05) is 29.8 Å². The number of para-hydroxylation sites is 1. The Morgan fingerprint density at radius 3 is 2.46 bits per heavy atom. The van der Waals surface area contributed by atoms with E-state index < -0.39 is 0 Å². The Bertz CT molecular complexity index is 710. The van der Waals surface area contributed by atoms with Crippen molar-refractivity contribution < 1.29 is 14.3 Å². The first kappa shape index (κ1) is 18.1. The third-order valence-corrected chi connectivity index (χ3v) is 4.06. The molecule has 0 aliphatic carbocycles. The van der Waals surface area contributed by atoms with Crippen LogP contribution in [0.15, 0.2) is 36.4 Å². The fourth-order valence-electron chi connectivity index (χ4n) is 2.49. The first-order chi connectivity index (χ1) is 11.4. The van der Waals surface area contributed by atoms with Crippen LogP contribution in [-0.4, -0.2) is 31.6 Å². The van der Waals surface area contributed by atoms with E-state index in [9.17, 15) is 4.79 Å². The van der Waals surface area contributed by atoms with Crippen molar-refractivity contribution in [3.63, 3.8) is 0 Å². The number of benzene rings is 2. The summed E-state index contributed by atoms with van der Waals surface area (Å²) in [5.41, 5.74) is 2.89. The summed E-state index contributed by atoms with van der Waals surface area (Å²) < 4.78 is 11.0. The molecule has 0 atom stereocenters. The van der Waals surface area contributed by atoms with Crippen LogP contribution in [0.4, 0.5) is 0 Å². The molecule has 1 amide bonds. The van der Waals surface area contributed by atoms with Gasteiger partial charge in [-0.2, -0.15) is 0 Å². The summed E-state index contributed by atoms with van der Waals surface area (Å²) in [6.07, 6.45) is 0. The zero-order chi connectivity index (χ0) is 17.7. The minimum atomic E-state index is -0.111. The van der Waals surface area contributed by atoms with Crippen molar-refractivity contribution in [3.05, 3.63) is 58.1 Å². The van der Waals surface area contributed by atoms with Crippen molar-refractivity contribution in [2.45, 2.75) is 20.4 Å². The molecule has 2 aromatic rings. The smallest absolute Gasteiger partial charge is 0.260 e. The molecule has 0 unspecified atom stereocenters. The maximum Gasteiger partial charge on any atom is 0.260 e. The molecule has 0 saturated carbocycles. The van der Waals surface area contributed by atoms with Crippen molar-refractivity contribution in [1.82, 2.24) is 4.90 Å². The van der Waals surface area contributed by atoms with E-state index in [1.54, 1.807) is 37.3 Å². The van der Waals surface area contributed by atoms with E-state index >= 15 is 0 Å². The Morgan fingerprint density at radius 1 is 1.17 bits per heavy atom. The highest BCUT2D eigenvalue weighted by molar-refractivity contribution is 6.30. The van der Waals surface area contributed by atoms with Crippen molar-refractivity contribution in [1.29, 1.82) is 0 Å². The van der Waals surface area contributed by atoms with Gasteiger partial charge in [-0.25, -0.2) is 0 Å². The number of likely N-dealkylation sites (N-methyl/N-ethyl adjacent to an activating group) is 1. The van der Waals surface area contributed by atoms with Gasteiger partial charge in [-0.05, 0) is 43.2 Å². The second-order valence-electron chi connectivity index (χ2n) is 5.72. The van der Waals surface area contributed by atoms with Gasteiger partial charge in [0.25, 0.3) is 5.91 Å². The van der Waals surface area contributed by atoms with E-state index in [0.717, 1.165) is 22.4 Å². The number of carbonyl (C=O) groups excluding carboxylic acids is 1. The van der Waals surface area contributed by atoms with Crippen LogP contribution >= 0.6 is 11.6 Å². The minimum absolute atomic E-state index is 0.00885. The molecule has 2 rings (SSSR count). The molecule has 2 aromatic carbocycles. The van der Waals surface area contributed by atoms with Gasteiger partial charge in [-0.3, -0.25) is 4.79 Å². The number of halogens is 1. The van der Waals surface area contributed by atoms with Gasteiger partial charge in [0.15, 0.2) is 6.61 Å². The van der Waals surface area contributed by atoms with Gasteiger partial charge in [0, 0.05) is 24.2 Å². The predicted octanol–water partition coefficient (Wildman–Crippen LogP) is 4.00. The van der Waals surface area contributed by atoms with E-state index in [1.165, 1.54) is 0 Å². The fraction of sp³-hybridized carbons (Fsp3) is 0.316. The monoisotopic (exact) mass is 347 g/mol. The summed E-state index contributed by atoms with van der Waals surface area (Å²) in [6.45, 7) is 4.32. The number of methoxy groups -OCH3 is 1. The van der Waals surface area contributed by atoms with Crippen LogP contribution in [0.2, 0.25) is 5.02 Å². The van der Waals surface area contributed by atoms with Gasteiger partial charge in [-0.15, -0.1) is 0 Å². The molecule has 4 nitrogen and oxygen atoms in total. The first-order valence-corrected chi connectivity index (χ1v) is 8.05. The molecular formula is C19H22ClNO3. The summed E-state index contributed by atoms with van der Waals surface area (Å²) in [4.78, 5) is 14.0. The molecule has 0 aliphatic rings.